The maximum absolute atomic E-state index is 11.6. The van der Waals surface area contributed by atoms with Gasteiger partial charge >= 0.3 is 5.97 Å². The molecular weight excluding hydrogens is 252 g/mol. The van der Waals surface area contributed by atoms with Crippen LogP contribution in [-0.2, 0) is 9.53 Å². The number of hydrogen-bond donors (Lipinski definition) is 1. The van der Waals surface area contributed by atoms with Crippen LogP contribution in [0.5, 0.6) is 0 Å². The van der Waals surface area contributed by atoms with Crippen molar-refractivity contribution in [2.45, 2.75) is 38.6 Å². The van der Waals surface area contributed by atoms with Gasteiger partial charge < -0.3 is 15.4 Å². The van der Waals surface area contributed by atoms with Crippen molar-refractivity contribution < 1.29 is 9.53 Å². The van der Waals surface area contributed by atoms with E-state index < -0.39 is 5.54 Å². The maximum atomic E-state index is 11.6. The lowest BCUT2D eigenvalue weighted by Crippen LogP contribution is -2.48. The summed E-state index contributed by atoms with van der Waals surface area (Å²) in [5.74, 6) is -0.360. The fraction of sp³-hybridized carbons (Fsp3) is 0.562. The second kappa shape index (κ2) is 7.90. The van der Waals surface area contributed by atoms with Crippen LogP contribution < -0.4 is 10.6 Å². The molecule has 1 unspecified atom stereocenters. The van der Waals surface area contributed by atoms with E-state index in [-0.39, 0.29) is 5.97 Å². The van der Waals surface area contributed by atoms with E-state index >= 15 is 0 Å². The van der Waals surface area contributed by atoms with Crippen molar-refractivity contribution >= 4 is 11.7 Å². The number of benzene rings is 1. The van der Waals surface area contributed by atoms with Gasteiger partial charge in [0.2, 0.25) is 0 Å². The number of anilines is 1. The van der Waals surface area contributed by atoms with E-state index in [4.69, 9.17) is 10.5 Å². The van der Waals surface area contributed by atoms with Crippen molar-refractivity contribution in [2.75, 3.05) is 25.1 Å². The Morgan fingerprint density at radius 2 is 1.95 bits per heavy atom. The monoisotopic (exact) mass is 278 g/mol. The van der Waals surface area contributed by atoms with Gasteiger partial charge in [0.15, 0.2) is 0 Å². The van der Waals surface area contributed by atoms with E-state index in [1.54, 1.807) is 6.92 Å². The van der Waals surface area contributed by atoms with Crippen LogP contribution in [0.25, 0.3) is 0 Å². The lowest BCUT2D eigenvalue weighted by Gasteiger charge is -2.29. The van der Waals surface area contributed by atoms with E-state index in [1.165, 1.54) is 12.8 Å². The van der Waals surface area contributed by atoms with E-state index in [0.717, 1.165) is 25.9 Å². The van der Waals surface area contributed by atoms with Gasteiger partial charge in [-0.3, -0.25) is 4.79 Å². The van der Waals surface area contributed by atoms with E-state index in [1.807, 2.05) is 18.2 Å². The van der Waals surface area contributed by atoms with Gasteiger partial charge in [0.05, 0.1) is 7.11 Å². The van der Waals surface area contributed by atoms with Crippen molar-refractivity contribution in [3.8, 4) is 0 Å². The predicted molar refractivity (Wildman–Crippen MR) is 82.8 cm³/mol. The minimum absolute atomic E-state index is 0.360. The molecule has 2 N–H and O–H groups in total. The summed E-state index contributed by atoms with van der Waals surface area (Å²) in [6.45, 7) is 5.61. The minimum atomic E-state index is -0.937. The largest absolute Gasteiger partial charge is 0.468 e. The quantitative estimate of drug-likeness (QED) is 0.743. The lowest BCUT2D eigenvalue weighted by molar-refractivity contribution is -0.146. The summed E-state index contributed by atoms with van der Waals surface area (Å²) in [5, 5.41) is 0. The van der Waals surface area contributed by atoms with Crippen LogP contribution in [0.2, 0.25) is 0 Å². The minimum Gasteiger partial charge on any atom is -0.468 e. The van der Waals surface area contributed by atoms with E-state index in [9.17, 15) is 4.79 Å². The Hall–Kier alpha value is -1.55. The Bertz CT molecular complexity index is 404. The van der Waals surface area contributed by atoms with Crippen molar-refractivity contribution in [3.05, 3.63) is 30.3 Å². The van der Waals surface area contributed by atoms with Gasteiger partial charge in [-0.1, -0.05) is 31.5 Å². The topological polar surface area (TPSA) is 55.6 Å². The summed E-state index contributed by atoms with van der Waals surface area (Å²) >= 11 is 0. The number of para-hydroxylation sites is 1. The average Bonchev–Trinajstić information content (AvgIpc) is 2.47. The van der Waals surface area contributed by atoms with Gasteiger partial charge in [0, 0.05) is 18.8 Å². The first kappa shape index (κ1) is 16.5. The van der Waals surface area contributed by atoms with E-state index in [0.29, 0.717) is 6.42 Å². The molecule has 0 spiro atoms. The molecule has 0 amide bonds. The highest BCUT2D eigenvalue weighted by Crippen LogP contribution is 2.17. The number of carbonyl (C=O) groups excluding carboxylic acids is 1. The molecule has 0 radical (unpaired) electrons. The molecule has 0 aromatic heterocycles. The zero-order valence-corrected chi connectivity index (χ0v) is 12.8. The number of carbonyl (C=O) groups is 1. The Morgan fingerprint density at radius 1 is 1.30 bits per heavy atom. The molecule has 20 heavy (non-hydrogen) atoms. The first-order valence-corrected chi connectivity index (χ1v) is 7.18. The summed E-state index contributed by atoms with van der Waals surface area (Å²) in [6.07, 6.45) is 2.83. The van der Waals surface area contributed by atoms with E-state index in [2.05, 4.69) is 24.0 Å². The molecule has 112 valence electrons. The molecule has 1 aromatic rings. The Labute approximate surface area is 121 Å². The third-order valence-electron chi connectivity index (χ3n) is 3.46. The molecule has 0 heterocycles. The van der Waals surface area contributed by atoms with Crippen molar-refractivity contribution in [2.24, 2.45) is 5.73 Å². The number of nitrogens with two attached hydrogens (primary N) is 1. The fourth-order valence-corrected chi connectivity index (χ4v) is 2.06. The standard InChI is InChI=1S/C16H26N2O2/c1-4-5-12-18(14-9-7-6-8-10-14)13-11-16(2,17)15(19)20-3/h6-10H,4-5,11-13,17H2,1-3H3. The zero-order chi connectivity index (χ0) is 15.0. The summed E-state index contributed by atoms with van der Waals surface area (Å²) in [6, 6.07) is 10.2. The van der Waals surface area contributed by atoms with Crippen LogP contribution in [0.4, 0.5) is 5.69 Å². The highest BCUT2D eigenvalue weighted by molar-refractivity contribution is 5.79. The fourth-order valence-electron chi connectivity index (χ4n) is 2.06. The van der Waals surface area contributed by atoms with Gasteiger partial charge in [-0.05, 0) is 31.9 Å². The Kier molecular flexibility index (Phi) is 6.52. The summed E-state index contributed by atoms with van der Waals surface area (Å²) in [4.78, 5) is 13.9. The van der Waals surface area contributed by atoms with Gasteiger partial charge in [-0.25, -0.2) is 0 Å². The third-order valence-corrected chi connectivity index (χ3v) is 3.46. The zero-order valence-electron chi connectivity index (χ0n) is 12.8. The molecule has 0 aliphatic rings. The first-order valence-electron chi connectivity index (χ1n) is 7.18. The molecule has 0 saturated heterocycles. The van der Waals surface area contributed by atoms with Crippen molar-refractivity contribution in [1.29, 1.82) is 0 Å². The molecule has 1 atom stereocenters. The number of hydrogen-bond acceptors (Lipinski definition) is 4. The highest BCUT2D eigenvalue weighted by Gasteiger charge is 2.29. The van der Waals surface area contributed by atoms with Crippen LogP contribution in [0, 0.1) is 0 Å². The first-order chi connectivity index (χ1) is 9.51. The number of esters is 1. The predicted octanol–water partition coefficient (Wildman–Crippen LogP) is 2.57. The van der Waals surface area contributed by atoms with Gasteiger partial charge in [0.25, 0.3) is 0 Å². The molecular formula is C16H26N2O2. The van der Waals surface area contributed by atoms with Gasteiger partial charge in [0.1, 0.15) is 5.54 Å². The molecule has 4 nitrogen and oxygen atoms in total. The van der Waals surface area contributed by atoms with Crippen LogP contribution in [0.1, 0.15) is 33.1 Å². The van der Waals surface area contributed by atoms with Crippen LogP contribution >= 0.6 is 0 Å². The smallest absolute Gasteiger partial charge is 0.325 e. The highest BCUT2D eigenvalue weighted by atomic mass is 16.5. The van der Waals surface area contributed by atoms with Crippen molar-refractivity contribution in [3.63, 3.8) is 0 Å². The van der Waals surface area contributed by atoms with Gasteiger partial charge in [-0.15, -0.1) is 0 Å². The molecule has 0 bridgehead atoms. The molecule has 1 rings (SSSR count). The van der Waals surface area contributed by atoms with Crippen LogP contribution in [0.15, 0.2) is 30.3 Å². The molecule has 4 heteroatoms. The Morgan fingerprint density at radius 3 is 2.50 bits per heavy atom. The van der Waals surface area contributed by atoms with Crippen LogP contribution in [0.3, 0.4) is 0 Å². The van der Waals surface area contributed by atoms with Gasteiger partial charge in [-0.2, -0.15) is 0 Å². The number of rotatable bonds is 8. The summed E-state index contributed by atoms with van der Waals surface area (Å²) < 4.78 is 4.75. The maximum Gasteiger partial charge on any atom is 0.325 e. The lowest BCUT2D eigenvalue weighted by atomic mass is 9.99. The van der Waals surface area contributed by atoms with Crippen LogP contribution in [-0.4, -0.2) is 31.7 Å². The molecule has 0 saturated carbocycles. The second-order valence-electron chi connectivity index (χ2n) is 5.34. The number of unbranched alkanes of at least 4 members (excludes halogenated alkanes) is 1. The molecule has 1 aromatic carbocycles. The third kappa shape index (κ3) is 4.85. The number of nitrogens with zero attached hydrogens (tertiary/aromatic N) is 1. The summed E-state index contributed by atoms with van der Waals surface area (Å²) in [7, 11) is 1.37. The molecule has 0 fully saturated rings. The number of methoxy groups -OCH3 is 1. The molecule has 0 aliphatic carbocycles. The van der Waals surface area contributed by atoms with Crippen molar-refractivity contribution in [1.82, 2.24) is 0 Å². The molecule has 0 aliphatic heterocycles. The Balaban J connectivity index is 2.69. The second-order valence-corrected chi connectivity index (χ2v) is 5.34. The average molecular weight is 278 g/mol. The number of ether oxygens (including phenoxy) is 1. The normalized spacial score (nSPS) is 13.6. The summed E-state index contributed by atoms with van der Waals surface area (Å²) in [5.41, 5.74) is 6.26. The SMILES string of the molecule is CCCCN(CCC(C)(N)C(=O)OC)c1ccccc1.